The Kier molecular flexibility index (Phi) is 9.52. The first-order chi connectivity index (χ1) is 13.5. The van der Waals surface area contributed by atoms with Gasteiger partial charge in [0.25, 0.3) is 0 Å². The second-order valence-corrected chi connectivity index (χ2v) is 7.29. The quantitative estimate of drug-likeness (QED) is 0.518. The SMILES string of the molecule is CC(C)CC(=O)Cc1ccc(OCCNCC(O)COc2ccccc2)cc1. The molecular weight excluding hydrogens is 354 g/mol. The van der Waals surface area contributed by atoms with Crippen LogP contribution in [0.4, 0.5) is 0 Å². The van der Waals surface area contributed by atoms with E-state index in [0.717, 1.165) is 17.1 Å². The van der Waals surface area contributed by atoms with Crippen LogP contribution >= 0.6 is 0 Å². The van der Waals surface area contributed by atoms with Crippen LogP contribution in [0.15, 0.2) is 54.6 Å². The van der Waals surface area contributed by atoms with Gasteiger partial charge in [-0.3, -0.25) is 4.79 Å². The number of aliphatic hydroxyl groups excluding tert-OH is 1. The number of ketones is 1. The molecule has 2 aromatic carbocycles. The largest absolute Gasteiger partial charge is 0.492 e. The van der Waals surface area contributed by atoms with Crippen molar-refractivity contribution in [2.45, 2.75) is 32.8 Å². The van der Waals surface area contributed by atoms with E-state index in [1.165, 1.54) is 0 Å². The smallest absolute Gasteiger partial charge is 0.137 e. The summed E-state index contributed by atoms with van der Waals surface area (Å²) in [7, 11) is 0. The fourth-order valence-electron chi connectivity index (χ4n) is 2.74. The van der Waals surface area contributed by atoms with Gasteiger partial charge in [0.1, 0.15) is 36.6 Å². The number of hydrogen-bond donors (Lipinski definition) is 2. The van der Waals surface area contributed by atoms with E-state index in [1.54, 1.807) is 0 Å². The fraction of sp³-hybridized carbons (Fsp3) is 0.435. The lowest BCUT2D eigenvalue weighted by Crippen LogP contribution is -2.33. The van der Waals surface area contributed by atoms with Crippen LogP contribution < -0.4 is 14.8 Å². The van der Waals surface area contributed by atoms with Crippen molar-refractivity contribution in [3.05, 3.63) is 60.2 Å². The zero-order valence-electron chi connectivity index (χ0n) is 16.8. The van der Waals surface area contributed by atoms with E-state index < -0.39 is 6.10 Å². The Morgan fingerprint density at radius 2 is 1.68 bits per heavy atom. The maximum absolute atomic E-state index is 11.9. The number of para-hydroxylation sites is 1. The number of carbonyl (C=O) groups excluding carboxylic acids is 1. The summed E-state index contributed by atoms with van der Waals surface area (Å²) in [5, 5.41) is 13.1. The molecule has 0 aliphatic heterocycles. The van der Waals surface area contributed by atoms with Crippen LogP contribution in [0.2, 0.25) is 0 Å². The standard InChI is InChI=1S/C23H31NO4/c1-18(2)14-20(25)15-19-8-10-23(11-9-19)27-13-12-24-16-21(26)17-28-22-6-4-3-5-7-22/h3-11,18,21,24,26H,12-17H2,1-2H3. The number of nitrogens with one attached hydrogen (secondary N) is 1. The molecule has 0 saturated heterocycles. The van der Waals surface area contributed by atoms with Gasteiger partial charge in [-0.25, -0.2) is 0 Å². The maximum atomic E-state index is 11.9. The Labute approximate surface area is 167 Å². The molecule has 0 fully saturated rings. The molecular formula is C23H31NO4. The molecule has 1 atom stereocenters. The van der Waals surface area contributed by atoms with Crippen LogP contribution in [0, 0.1) is 5.92 Å². The first kappa shape index (κ1) is 21.9. The fourth-order valence-corrected chi connectivity index (χ4v) is 2.74. The van der Waals surface area contributed by atoms with Crippen molar-refractivity contribution in [2.24, 2.45) is 5.92 Å². The molecule has 0 aromatic heterocycles. The molecule has 2 rings (SSSR count). The van der Waals surface area contributed by atoms with Gasteiger partial charge >= 0.3 is 0 Å². The summed E-state index contributed by atoms with van der Waals surface area (Å²) in [6.45, 7) is 5.91. The lowest BCUT2D eigenvalue weighted by molar-refractivity contribution is -0.119. The minimum atomic E-state index is -0.581. The predicted octanol–water partition coefficient (Wildman–Crippen LogP) is 3.25. The van der Waals surface area contributed by atoms with E-state index in [1.807, 2.05) is 54.6 Å². The molecule has 0 aliphatic rings. The number of hydrogen-bond acceptors (Lipinski definition) is 5. The first-order valence-corrected chi connectivity index (χ1v) is 9.83. The van der Waals surface area contributed by atoms with Gasteiger partial charge in [0.2, 0.25) is 0 Å². The van der Waals surface area contributed by atoms with E-state index in [9.17, 15) is 9.90 Å². The van der Waals surface area contributed by atoms with Crippen LogP contribution in [-0.4, -0.2) is 43.3 Å². The third kappa shape index (κ3) is 9.02. The molecule has 0 radical (unpaired) electrons. The van der Waals surface area contributed by atoms with E-state index in [0.29, 0.717) is 38.5 Å². The van der Waals surface area contributed by atoms with Crippen molar-refractivity contribution >= 4 is 5.78 Å². The van der Waals surface area contributed by atoms with Gasteiger partial charge in [0, 0.05) is 25.9 Å². The predicted molar refractivity (Wildman–Crippen MR) is 111 cm³/mol. The van der Waals surface area contributed by atoms with Crippen molar-refractivity contribution in [3.63, 3.8) is 0 Å². The van der Waals surface area contributed by atoms with Gasteiger partial charge in [-0.05, 0) is 35.7 Å². The molecule has 1 unspecified atom stereocenters. The van der Waals surface area contributed by atoms with Gasteiger partial charge in [0.15, 0.2) is 0 Å². The maximum Gasteiger partial charge on any atom is 0.137 e. The number of Topliss-reactive ketones (excluding diaryl/α,β-unsaturated/α-hetero) is 1. The van der Waals surface area contributed by atoms with Gasteiger partial charge in [0.05, 0.1) is 0 Å². The Morgan fingerprint density at radius 1 is 1.00 bits per heavy atom. The molecule has 0 spiro atoms. The minimum Gasteiger partial charge on any atom is -0.492 e. The molecule has 28 heavy (non-hydrogen) atoms. The second-order valence-electron chi connectivity index (χ2n) is 7.29. The van der Waals surface area contributed by atoms with Crippen molar-refractivity contribution in [2.75, 3.05) is 26.3 Å². The zero-order valence-corrected chi connectivity index (χ0v) is 16.8. The van der Waals surface area contributed by atoms with Crippen molar-refractivity contribution in [3.8, 4) is 11.5 Å². The average molecular weight is 386 g/mol. The van der Waals surface area contributed by atoms with E-state index in [2.05, 4.69) is 19.2 Å². The van der Waals surface area contributed by atoms with Crippen LogP contribution in [0.25, 0.3) is 0 Å². The lowest BCUT2D eigenvalue weighted by Gasteiger charge is -2.13. The van der Waals surface area contributed by atoms with Gasteiger partial charge in [-0.15, -0.1) is 0 Å². The molecule has 5 nitrogen and oxygen atoms in total. The van der Waals surface area contributed by atoms with Crippen molar-refractivity contribution < 1.29 is 19.4 Å². The number of aliphatic hydroxyl groups is 1. The normalized spacial score (nSPS) is 12.0. The Hall–Kier alpha value is -2.37. The Balaban J connectivity index is 1.57. The van der Waals surface area contributed by atoms with Gasteiger partial charge in [-0.2, -0.15) is 0 Å². The highest BCUT2D eigenvalue weighted by atomic mass is 16.5. The monoisotopic (exact) mass is 385 g/mol. The summed E-state index contributed by atoms with van der Waals surface area (Å²) in [6, 6.07) is 17.1. The third-order valence-corrected chi connectivity index (χ3v) is 4.07. The van der Waals surface area contributed by atoms with Gasteiger partial charge < -0.3 is 19.9 Å². The second kappa shape index (κ2) is 12.2. The molecule has 0 aliphatic carbocycles. The third-order valence-electron chi connectivity index (χ3n) is 4.07. The molecule has 152 valence electrons. The molecule has 5 heteroatoms. The van der Waals surface area contributed by atoms with Crippen LogP contribution in [-0.2, 0) is 11.2 Å². The zero-order chi connectivity index (χ0) is 20.2. The number of ether oxygens (including phenoxy) is 2. The average Bonchev–Trinajstić information content (AvgIpc) is 2.67. The van der Waals surface area contributed by atoms with Crippen LogP contribution in [0.3, 0.4) is 0 Å². The first-order valence-electron chi connectivity index (χ1n) is 9.83. The van der Waals surface area contributed by atoms with E-state index in [4.69, 9.17) is 9.47 Å². The lowest BCUT2D eigenvalue weighted by atomic mass is 10.0. The summed E-state index contributed by atoms with van der Waals surface area (Å²) >= 11 is 0. The highest BCUT2D eigenvalue weighted by molar-refractivity contribution is 5.81. The summed E-state index contributed by atoms with van der Waals surface area (Å²) in [5.74, 6) is 2.18. The highest BCUT2D eigenvalue weighted by Gasteiger charge is 2.07. The van der Waals surface area contributed by atoms with Crippen molar-refractivity contribution in [1.29, 1.82) is 0 Å². The Bertz CT molecular complexity index is 686. The van der Waals surface area contributed by atoms with Crippen LogP contribution in [0.1, 0.15) is 25.8 Å². The van der Waals surface area contributed by atoms with E-state index >= 15 is 0 Å². The number of carbonyl (C=O) groups is 1. The molecule has 2 N–H and O–H groups in total. The molecule has 2 aromatic rings. The molecule has 0 amide bonds. The van der Waals surface area contributed by atoms with Gasteiger partial charge in [-0.1, -0.05) is 44.2 Å². The minimum absolute atomic E-state index is 0.245. The summed E-state index contributed by atoms with van der Waals surface area (Å²) in [5.41, 5.74) is 1.01. The Morgan fingerprint density at radius 3 is 2.36 bits per heavy atom. The van der Waals surface area contributed by atoms with Crippen LogP contribution in [0.5, 0.6) is 11.5 Å². The molecule has 0 heterocycles. The topological polar surface area (TPSA) is 67.8 Å². The number of benzene rings is 2. The van der Waals surface area contributed by atoms with Crippen molar-refractivity contribution in [1.82, 2.24) is 5.32 Å². The van der Waals surface area contributed by atoms with E-state index in [-0.39, 0.29) is 12.4 Å². The summed E-state index contributed by atoms with van der Waals surface area (Å²) in [6.07, 6.45) is 0.512. The number of rotatable bonds is 13. The highest BCUT2D eigenvalue weighted by Crippen LogP contribution is 2.14. The molecule has 0 bridgehead atoms. The summed E-state index contributed by atoms with van der Waals surface area (Å²) in [4.78, 5) is 11.9. The summed E-state index contributed by atoms with van der Waals surface area (Å²) < 4.78 is 11.2. The molecule has 0 saturated carbocycles.